The quantitative estimate of drug-likeness (QED) is 0.699. The molecule has 0 aromatic carbocycles. The van der Waals surface area contributed by atoms with Gasteiger partial charge in [0.15, 0.2) is 0 Å². The van der Waals surface area contributed by atoms with E-state index < -0.39 is 20.7 Å². The monoisotopic (exact) mass is 251 g/mol. The molecule has 0 atom stereocenters. The first-order valence-electron chi connectivity index (χ1n) is 5.12. The Kier molecular flexibility index (Phi) is 4.94. The van der Waals surface area contributed by atoms with Gasteiger partial charge >= 0.3 is 5.97 Å². The topological polar surface area (TPSA) is 63.7 Å². The Morgan fingerprint density at radius 1 is 1.31 bits per heavy atom. The van der Waals surface area contributed by atoms with Crippen molar-refractivity contribution in [2.75, 3.05) is 13.7 Å². The normalized spacial score (nSPS) is 13.2. The summed E-state index contributed by atoms with van der Waals surface area (Å²) >= 11 is 0. The minimum Gasteiger partial charge on any atom is -0.468 e. The lowest BCUT2D eigenvalue weighted by molar-refractivity contribution is -0.141. The first-order chi connectivity index (χ1) is 7.04. The Labute approximate surface area is 97.8 Å². The third-order valence-corrected chi connectivity index (χ3v) is 4.89. The first kappa shape index (κ1) is 15.4. The molecular weight excluding hydrogens is 230 g/mol. The molecule has 6 heteroatoms. The molecular formula is C10H21NO4S. The zero-order valence-electron chi connectivity index (χ0n) is 10.8. The Morgan fingerprint density at radius 3 is 2.00 bits per heavy atom. The van der Waals surface area contributed by atoms with Gasteiger partial charge in [-0.3, -0.25) is 4.79 Å². The molecule has 0 radical (unpaired) electrons. The van der Waals surface area contributed by atoms with Gasteiger partial charge in [-0.05, 0) is 34.6 Å². The van der Waals surface area contributed by atoms with Crippen molar-refractivity contribution in [1.29, 1.82) is 0 Å². The highest BCUT2D eigenvalue weighted by atomic mass is 32.2. The summed E-state index contributed by atoms with van der Waals surface area (Å²) in [5.74, 6) is -0.554. The largest absolute Gasteiger partial charge is 0.468 e. The molecule has 96 valence electrons. The number of rotatable bonds is 4. The van der Waals surface area contributed by atoms with Crippen LogP contribution in [0.3, 0.4) is 0 Å². The maximum absolute atomic E-state index is 12.2. The fourth-order valence-electron chi connectivity index (χ4n) is 1.09. The number of carbonyl (C=O) groups is 1. The predicted octanol–water partition coefficient (Wildman–Crippen LogP) is 0.998. The molecule has 0 aliphatic rings. The number of ether oxygens (including phenoxy) is 1. The molecule has 0 heterocycles. The lowest BCUT2D eigenvalue weighted by Gasteiger charge is -2.31. The van der Waals surface area contributed by atoms with Gasteiger partial charge in [0, 0.05) is 6.04 Å². The van der Waals surface area contributed by atoms with Crippen LogP contribution in [0.15, 0.2) is 0 Å². The van der Waals surface area contributed by atoms with E-state index in [1.165, 1.54) is 11.4 Å². The van der Waals surface area contributed by atoms with Crippen LogP contribution in [-0.4, -0.2) is 43.1 Å². The Balaban J connectivity index is 5.16. The van der Waals surface area contributed by atoms with Crippen LogP contribution >= 0.6 is 0 Å². The number of carbonyl (C=O) groups excluding carboxylic acids is 1. The fraction of sp³-hybridized carbons (Fsp3) is 0.900. The summed E-state index contributed by atoms with van der Waals surface area (Å²) in [6, 6.07) is -0.275. The Morgan fingerprint density at radius 2 is 1.75 bits per heavy atom. The van der Waals surface area contributed by atoms with E-state index in [1.807, 2.05) is 0 Å². The van der Waals surface area contributed by atoms with E-state index in [4.69, 9.17) is 0 Å². The molecule has 0 saturated heterocycles. The smallest absolute Gasteiger partial charge is 0.321 e. The highest BCUT2D eigenvalue weighted by Crippen LogP contribution is 2.22. The Hall–Kier alpha value is -0.620. The molecule has 16 heavy (non-hydrogen) atoms. The lowest BCUT2D eigenvalue weighted by atomic mass is 10.3. The van der Waals surface area contributed by atoms with Crippen LogP contribution in [0.4, 0.5) is 0 Å². The summed E-state index contributed by atoms with van der Waals surface area (Å²) in [4.78, 5) is 11.2. The zero-order valence-corrected chi connectivity index (χ0v) is 11.6. The van der Waals surface area contributed by atoms with Crippen LogP contribution in [-0.2, 0) is 19.6 Å². The van der Waals surface area contributed by atoms with Gasteiger partial charge < -0.3 is 4.74 Å². The van der Waals surface area contributed by atoms with Crippen molar-refractivity contribution < 1.29 is 17.9 Å². The summed E-state index contributed by atoms with van der Waals surface area (Å²) in [6.45, 7) is 8.03. The minimum atomic E-state index is -3.51. The summed E-state index contributed by atoms with van der Waals surface area (Å²) in [5.41, 5.74) is 0. The highest BCUT2D eigenvalue weighted by Gasteiger charge is 2.37. The van der Waals surface area contributed by atoms with Gasteiger partial charge in [-0.25, -0.2) is 8.42 Å². The molecule has 0 unspecified atom stereocenters. The summed E-state index contributed by atoms with van der Waals surface area (Å²) in [6.07, 6.45) is 0. The number of sulfonamides is 1. The zero-order chi connectivity index (χ0) is 13.1. The van der Waals surface area contributed by atoms with Gasteiger partial charge in [0.2, 0.25) is 10.0 Å². The lowest BCUT2D eigenvalue weighted by Crippen LogP contribution is -2.48. The first-order valence-corrected chi connectivity index (χ1v) is 6.56. The van der Waals surface area contributed by atoms with Crippen LogP contribution in [0.2, 0.25) is 0 Å². The second-order valence-electron chi connectivity index (χ2n) is 4.83. The molecule has 0 aromatic heterocycles. The predicted molar refractivity (Wildman–Crippen MR) is 62.5 cm³/mol. The number of methoxy groups -OCH3 is 1. The van der Waals surface area contributed by atoms with Crippen molar-refractivity contribution in [3.05, 3.63) is 0 Å². The van der Waals surface area contributed by atoms with Crippen molar-refractivity contribution in [1.82, 2.24) is 4.31 Å². The molecule has 0 aliphatic carbocycles. The van der Waals surface area contributed by atoms with Crippen molar-refractivity contribution in [3.8, 4) is 0 Å². The third kappa shape index (κ3) is 3.45. The van der Waals surface area contributed by atoms with Gasteiger partial charge in [0.05, 0.1) is 11.9 Å². The third-order valence-electron chi connectivity index (χ3n) is 2.17. The average Bonchev–Trinajstić information content (AvgIpc) is 2.10. The van der Waals surface area contributed by atoms with Crippen molar-refractivity contribution in [2.45, 2.75) is 45.4 Å². The molecule has 0 bridgehead atoms. The minimum absolute atomic E-state index is 0.242. The van der Waals surface area contributed by atoms with E-state index in [9.17, 15) is 13.2 Å². The van der Waals surface area contributed by atoms with E-state index in [1.54, 1.807) is 34.6 Å². The van der Waals surface area contributed by atoms with Crippen LogP contribution in [0.1, 0.15) is 34.6 Å². The molecule has 0 N–H and O–H groups in total. The van der Waals surface area contributed by atoms with Crippen LogP contribution < -0.4 is 0 Å². The van der Waals surface area contributed by atoms with E-state index in [0.29, 0.717) is 0 Å². The maximum Gasteiger partial charge on any atom is 0.321 e. The molecule has 0 aromatic rings. The summed E-state index contributed by atoms with van der Waals surface area (Å²) < 4.78 is 29.1. The highest BCUT2D eigenvalue weighted by molar-refractivity contribution is 7.90. The van der Waals surface area contributed by atoms with Gasteiger partial charge in [-0.2, -0.15) is 4.31 Å². The maximum atomic E-state index is 12.2. The van der Waals surface area contributed by atoms with Crippen LogP contribution in [0, 0.1) is 0 Å². The van der Waals surface area contributed by atoms with Crippen molar-refractivity contribution >= 4 is 16.0 Å². The second kappa shape index (κ2) is 5.14. The molecule has 5 nitrogen and oxygen atoms in total. The second-order valence-corrected chi connectivity index (χ2v) is 7.48. The van der Waals surface area contributed by atoms with Crippen LogP contribution in [0.5, 0.6) is 0 Å². The molecule has 0 saturated carbocycles. The molecule has 0 amide bonds. The van der Waals surface area contributed by atoms with Gasteiger partial charge in [-0.15, -0.1) is 0 Å². The molecule has 0 aliphatic heterocycles. The number of hydrogen-bond acceptors (Lipinski definition) is 4. The SMILES string of the molecule is COC(=O)CN(C(C)C)S(=O)(=O)C(C)(C)C. The van der Waals surface area contributed by atoms with Crippen molar-refractivity contribution in [2.24, 2.45) is 0 Å². The number of esters is 1. The summed E-state index contributed by atoms with van der Waals surface area (Å²) in [5, 5.41) is 0. The fourth-order valence-corrected chi connectivity index (χ4v) is 2.62. The number of hydrogen-bond donors (Lipinski definition) is 0. The van der Waals surface area contributed by atoms with Gasteiger partial charge in [0.25, 0.3) is 0 Å². The number of nitrogens with zero attached hydrogens (tertiary/aromatic N) is 1. The standard InChI is InChI=1S/C10H21NO4S/c1-8(2)11(7-9(12)15-6)16(13,14)10(3,4)5/h8H,7H2,1-6H3. The molecule has 0 spiro atoms. The Bertz CT molecular complexity index is 340. The van der Waals surface area contributed by atoms with Crippen molar-refractivity contribution in [3.63, 3.8) is 0 Å². The van der Waals surface area contributed by atoms with Crippen LogP contribution in [0.25, 0.3) is 0 Å². The molecule has 0 fully saturated rings. The average molecular weight is 251 g/mol. The van der Waals surface area contributed by atoms with E-state index in [0.717, 1.165) is 0 Å². The van der Waals surface area contributed by atoms with E-state index >= 15 is 0 Å². The van der Waals surface area contributed by atoms with E-state index in [-0.39, 0.29) is 12.6 Å². The molecule has 0 rings (SSSR count). The van der Waals surface area contributed by atoms with E-state index in [2.05, 4.69) is 4.74 Å². The van der Waals surface area contributed by atoms with Gasteiger partial charge in [-0.1, -0.05) is 0 Å². The summed E-state index contributed by atoms with van der Waals surface area (Å²) in [7, 11) is -2.27. The van der Waals surface area contributed by atoms with Gasteiger partial charge in [0.1, 0.15) is 6.54 Å².